The molecule has 0 aromatic carbocycles. The van der Waals surface area contributed by atoms with Gasteiger partial charge in [-0.05, 0) is 31.6 Å². The number of carbonyl (C=O) groups excluding carboxylic acids is 2. The number of amides is 2. The molecule has 0 radical (unpaired) electrons. The monoisotopic (exact) mass is 321 g/mol. The molecular weight excluding hydrogens is 290 g/mol. The SMILES string of the molecule is NC1(C(=O)N2CCN(C(=O)CC3CCCCC3)CC2)CCCC1. The van der Waals surface area contributed by atoms with E-state index in [0.29, 0.717) is 38.5 Å². The van der Waals surface area contributed by atoms with E-state index in [9.17, 15) is 9.59 Å². The zero-order valence-electron chi connectivity index (χ0n) is 14.3. The van der Waals surface area contributed by atoms with Gasteiger partial charge >= 0.3 is 0 Å². The van der Waals surface area contributed by atoms with Gasteiger partial charge in [0.1, 0.15) is 0 Å². The van der Waals surface area contributed by atoms with Crippen molar-refractivity contribution >= 4 is 11.8 Å². The molecule has 0 atom stereocenters. The summed E-state index contributed by atoms with van der Waals surface area (Å²) in [6, 6.07) is 0. The molecule has 3 aliphatic rings. The highest BCUT2D eigenvalue weighted by Crippen LogP contribution is 2.30. The lowest BCUT2D eigenvalue weighted by Crippen LogP contribution is -2.59. The molecule has 2 N–H and O–H groups in total. The van der Waals surface area contributed by atoms with Crippen molar-refractivity contribution in [1.82, 2.24) is 9.80 Å². The molecule has 0 aromatic rings. The molecule has 0 unspecified atom stereocenters. The lowest BCUT2D eigenvalue weighted by Gasteiger charge is -2.39. The standard InChI is InChI=1S/C18H31N3O2/c19-18(8-4-5-9-18)17(23)21-12-10-20(11-13-21)16(22)14-15-6-2-1-3-7-15/h15H,1-14,19H2. The largest absolute Gasteiger partial charge is 0.339 e. The maximum atomic E-state index is 12.6. The summed E-state index contributed by atoms with van der Waals surface area (Å²) in [5.74, 6) is 0.975. The second kappa shape index (κ2) is 7.20. The molecule has 0 aromatic heterocycles. The van der Waals surface area contributed by atoms with Crippen LogP contribution in [0.25, 0.3) is 0 Å². The summed E-state index contributed by atoms with van der Waals surface area (Å²) in [6.45, 7) is 2.64. The van der Waals surface area contributed by atoms with Crippen LogP contribution in [0.4, 0.5) is 0 Å². The number of rotatable bonds is 3. The molecule has 0 bridgehead atoms. The Balaban J connectivity index is 1.46. The Labute approximate surface area is 139 Å². The van der Waals surface area contributed by atoms with Gasteiger partial charge in [-0.25, -0.2) is 0 Å². The minimum absolute atomic E-state index is 0.106. The van der Waals surface area contributed by atoms with Crippen LogP contribution in [0.2, 0.25) is 0 Å². The Morgan fingerprint density at radius 1 is 0.870 bits per heavy atom. The van der Waals surface area contributed by atoms with Crippen molar-refractivity contribution in [2.45, 2.75) is 69.7 Å². The molecule has 2 aliphatic carbocycles. The molecule has 3 rings (SSSR count). The van der Waals surface area contributed by atoms with E-state index in [1.54, 1.807) is 0 Å². The molecule has 1 aliphatic heterocycles. The second-order valence-corrected chi connectivity index (χ2v) is 7.74. The minimum atomic E-state index is -0.631. The quantitative estimate of drug-likeness (QED) is 0.863. The summed E-state index contributed by atoms with van der Waals surface area (Å²) in [7, 11) is 0. The van der Waals surface area contributed by atoms with Gasteiger partial charge in [-0.2, -0.15) is 0 Å². The fraction of sp³-hybridized carbons (Fsp3) is 0.889. The molecule has 23 heavy (non-hydrogen) atoms. The molecule has 5 heteroatoms. The highest BCUT2D eigenvalue weighted by Gasteiger charge is 2.40. The lowest BCUT2D eigenvalue weighted by molar-refractivity contribution is -0.143. The van der Waals surface area contributed by atoms with E-state index in [0.717, 1.165) is 25.7 Å². The van der Waals surface area contributed by atoms with Crippen LogP contribution in [0.15, 0.2) is 0 Å². The van der Waals surface area contributed by atoms with Gasteiger partial charge in [0.15, 0.2) is 0 Å². The Hall–Kier alpha value is -1.10. The Morgan fingerprint density at radius 3 is 2.04 bits per heavy atom. The van der Waals surface area contributed by atoms with Crippen molar-refractivity contribution in [1.29, 1.82) is 0 Å². The van der Waals surface area contributed by atoms with Crippen molar-refractivity contribution in [3.05, 3.63) is 0 Å². The summed E-state index contributed by atoms with van der Waals surface area (Å²) in [4.78, 5) is 28.9. The average molecular weight is 321 g/mol. The highest BCUT2D eigenvalue weighted by molar-refractivity contribution is 5.87. The number of nitrogens with zero attached hydrogens (tertiary/aromatic N) is 2. The average Bonchev–Trinajstić information content (AvgIpc) is 3.03. The first kappa shape index (κ1) is 16.7. The minimum Gasteiger partial charge on any atom is -0.339 e. The van der Waals surface area contributed by atoms with Crippen molar-refractivity contribution in [2.24, 2.45) is 11.7 Å². The van der Waals surface area contributed by atoms with E-state index >= 15 is 0 Å². The third kappa shape index (κ3) is 3.87. The van der Waals surface area contributed by atoms with Gasteiger partial charge in [0.25, 0.3) is 0 Å². The van der Waals surface area contributed by atoms with E-state index < -0.39 is 5.54 Å². The summed E-state index contributed by atoms with van der Waals surface area (Å²) in [5, 5.41) is 0. The van der Waals surface area contributed by atoms with Crippen molar-refractivity contribution in [3.8, 4) is 0 Å². The van der Waals surface area contributed by atoms with Crippen LogP contribution in [0.3, 0.4) is 0 Å². The second-order valence-electron chi connectivity index (χ2n) is 7.74. The molecule has 1 saturated heterocycles. The summed E-state index contributed by atoms with van der Waals surface area (Å²) in [5.41, 5.74) is 5.65. The van der Waals surface area contributed by atoms with Crippen LogP contribution in [0.5, 0.6) is 0 Å². The van der Waals surface area contributed by atoms with Gasteiger partial charge in [0.2, 0.25) is 11.8 Å². The van der Waals surface area contributed by atoms with E-state index in [1.165, 1.54) is 32.1 Å². The summed E-state index contributed by atoms with van der Waals surface area (Å²) < 4.78 is 0. The fourth-order valence-electron chi connectivity index (χ4n) is 4.46. The van der Waals surface area contributed by atoms with Gasteiger partial charge in [-0.3, -0.25) is 9.59 Å². The molecular formula is C18H31N3O2. The predicted octanol–water partition coefficient (Wildman–Crippen LogP) is 1.90. The van der Waals surface area contributed by atoms with Crippen molar-refractivity contribution < 1.29 is 9.59 Å². The van der Waals surface area contributed by atoms with Crippen molar-refractivity contribution in [3.63, 3.8) is 0 Å². The predicted molar refractivity (Wildman–Crippen MR) is 89.7 cm³/mol. The van der Waals surface area contributed by atoms with Crippen LogP contribution in [0.1, 0.15) is 64.2 Å². The molecule has 5 nitrogen and oxygen atoms in total. The van der Waals surface area contributed by atoms with Gasteiger partial charge in [0.05, 0.1) is 5.54 Å². The first-order chi connectivity index (χ1) is 11.1. The zero-order chi connectivity index (χ0) is 16.3. The zero-order valence-corrected chi connectivity index (χ0v) is 14.3. The number of hydrogen-bond donors (Lipinski definition) is 1. The maximum Gasteiger partial charge on any atom is 0.242 e. The first-order valence-electron chi connectivity index (χ1n) is 9.44. The number of piperazine rings is 1. The van der Waals surface area contributed by atoms with E-state index in [-0.39, 0.29) is 11.8 Å². The summed E-state index contributed by atoms with van der Waals surface area (Å²) >= 11 is 0. The molecule has 0 spiro atoms. The molecule has 2 saturated carbocycles. The van der Waals surface area contributed by atoms with E-state index in [1.807, 2.05) is 9.80 Å². The number of carbonyl (C=O) groups is 2. The van der Waals surface area contributed by atoms with Crippen LogP contribution < -0.4 is 5.73 Å². The van der Waals surface area contributed by atoms with Crippen LogP contribution >= 0.6 is 0 Å². The van der Waals surface area contributed by atoms with Gasteiger partial charge in [-0.15, -0.1) is 0 Å². The number of hydrogen-bond acceptors (Lipinski definition) is 3. The fourth-order valence-corrected chi connectivity index (χ4v) is 4.46. The Kier molecular flexibility index (Phi) is 5.24. The van der Waals surface area contributed by atoms with Gasteiger partial charge in [0, 0.05) is 32.6 Å². The normalized spacial score (nSPS) is 25.6. The third-order valence-electron chi connectivity index (χ3n) is 6.03. The van der Waals surface area contributed by atoms with Crippen molar-refractivity contribution in [2.75, 3.05) is 26.2 Å². The Morgan fingerprint density at radius 2 is 1.43 bits per heavy atom. The lowest BCUT2D eigenvalue weighted by atomic mass is 9.86. The highest BCUT2D eigenvalue weighted by atomic mass is 16.2. The smallest absolute Gasteiger partial charge is 0.242 e. The summed E-state index contributed by atoms with van der Waals surface area (Å²) in [6.07, 6.45) is 10.7. The Bertz CT molecular complexity index is 432. The number of nitrogens with two attached hydrogens (primary N) is 1. The van der Waals surface area contributed by atoms with Gasteiger partial charge in [-0.1, -0.05) is 32.1 Å². The van der Waals surface area contributed by atoms with Crippen LogP contribution in [0, 0.1) is 5.92 Å². The molecule has 130 valence electrons. The van der Waals surface area contributed by atoms with E-state index in [4.69, 9.17) is 5.73 Å². The van der Waals surface area contributed by atoms with Gasteiger partial charge < -0.3 is 15.5 Å². The topological polar surface area (TPSA) is 66.6 Å². The van der Waals surface area contributed by atoms with E-state index in [2.05, 4.69) is 0 Å². The maximum absolute atomic E-state index is 12.6. The van der Waals surface area contributed by atoms with Crippen LogP contribution in [-0.4, -0.2) is 53.3 Å². The van der Waals surface area contributed by atoms with Crippen LogP contribution in [-0.2, 0) is 9.59 Å². The third-order valence-corrected chi connectivity index (χ3v) is 6.03. The molecule has 1 heterocycles. The first-order valence-corrected chi connectivity index (χ1v) is 9.44. The molecule has 3 fully saturated rings. The molecule has 2 amide bonds.